The summed E-state index contributed by atoms with van der Waals surface area (Å²) in [5.41, 5.74) is 3.12. The van der Waals surface area contributed by atoms with Crippen molar-refractivity contribution in [1.29, 1.82) is 0 Å². The zero-order valence-corrected chi connectivity index (χ0v) is 16.3. The topological polar surface area (TPSA) is 69.2 Å². The number of aromatic nitrogens is 3. The maximum Gasteiger partial charge on any atom is 0.147 e. The van der Waals surface area contributed by atoms with E-state index < -0.39 is 0 Å². The number of thiophene rings is 1. The van der Waals surface area contributed by atoms with E-state index in [9.17, 15) is 0 Å². The zero-order chi connectivity index (χ0) is 18.1. The van der Waals surface area contributed by atoms with E-state index in [-0.39, 0.29) is 5.60 Å². The van der Waals surface area contributed by atoms with E-state index >= 15 is 0 Å². The number of hydrogen-bond donors (Lipinski definition) is 1. The second kappa shape index (κ2) is 7.06. The van der Waals surface area contributed by atoms with Gasteiger partial charge in [0.2, 0.25) is 0 Å². The molecule has 6 nitrogen and oxygen atoms in total. The number of fused-ring (bicyclic) bond motifs is 4. The van der Waals surface area contributed by atoms with Gasteiger partial charge >= 0.3 is 0 Å². The van der Waals surface area contributed by atoms with Gasteiger partial charge in [0.25, 0.3) is 0 Å². The number of nitrogens with one attached hydrogen (secondary N) is 1. The van der Waals surface area contributed by atoms with Gasteiger partial charge in [-0.25, -0.2) is 15.0 Å². The highest BCUT2D eigenvalue weighted by atomic mass is 32.1. The lowest BCUT2D eigenvalue weighted by Crippen LogP contribution is -2.32. The van der Waals surface area contributed by atoms with Crippen molar-refractivity contribution >= 4 is 37.6 Å². The molecule has 7 heteroatoms. The SMILES string of the molecule is CCOCCCNc1ncnc2c1sc1nc3c(cc12)COC(C)(C)C3. The summed E-state index contributed by atoms with van der Waals surface area (Å²) in [4.78, 5) is 14.9. The van der Waals surface area contributed by atoms with Crippen LogP contribution in [0.4, 0.5) is 5.82 Å². The first-order chi connectivity index (χ1) is 12.6. The molecule has 0 unspecified atom stereocenters. The molecule has 3 aromatic rings. The van der Waals surface area contributed by atoms with Crippen molar-refractivity contribution in [2.45, 2.75) is 45.8 Å². The molecule has 3 aromatic heterocycles. The second-order valence-corrected chi connectivity index (χ2v) is 8.15. The first-order valence-corrected chi connectivity index (χ1v) is 9.90. The van der Waals surface area contributed by atoms with Gasteiger partial charge in [0.1, 0.15) is 17.0 Å². The summed E-state index contributed by atoms with van der Waals surface area (Å²) in [6.45, 7) is 9.18. The molecular weight excluding hydrogens is 348 g/mol. The molecule has 138 valence electrons. The standard InChI is InChI=1S/C19H24N4O2S/c1-4-24-7-5-6-20-17-16-15(21-11-22-17)13-8-12-10-25-19(2,3)9-14(12)23-18(13)26-16/h8,11H,4-7,9-10H2,1-3H3,(H,20,21,22). The summed E-state index contributed by atoms with van der Waals surface area (Å²) in [7, 11) is 0. The molecule has 4 rings (SSSR count). The minimum atomic E-state index is -0.155. The lowest BCUT2D eigenvalue weighted by atomic mass is 9.95. The molecule has 1 N–H and O–H groups in total. The third kappa shape index (κ3) is 3.39. The number of anilines is 1. The Kier molecular flexibility index (Phi) is 4.77. The van der Waals surface area contributed by atoms with Crippen LogP contribution in [0.1, 0.15) is 38.4 Å². The molecule has 0 aliphatic carbocycles. The van der Waals surface area contributed by atoms with Gasteiger partial charge < -0.3 is 14.8 Å². The summed E-state index contributed by atoms with van der Waals surface area (Å²) in [5.74, 6) is 0.879. The Morgan fingerprint density at radius 3 is 3.08 bits per heavy atom. The van der Waals surface area contributed by atoms with Gasteiger partial charge in [-0.05, 0) is 33.3 Å². The summed E-state index contributed by atoms with van der Waals surface area (Å²) >= 11 is 1.66. The van der Waals surface area contributed by atoms with Crippen LogP contribution in [0.5, 0.6) is 0 Å². The van der Waals surface area contributed by atoms with E-state index in [0.29, 0.717) is 6.61 Å². The third-order valence-corrected chi connectivity index (χ3v) is 5.68. The van der Waals surface area contributed by atoms with Gasteiger partial charge in [-0.3, -0.25) is 0 Å². The molecule has 0 atom stereocenters. The molecular formula is C19H24N4O2S. The predicted octanol–water partition coefficient (Wildman–Crippen LogP) is 3.93. The van der Waals surface area contributed by atoms with Crippen LogP contribution in [0.3, 0.4) is 0 Å². The quantitative estimate of drug-likeness (QED) is 0.661. The summed E-state index contributed by atoms with van der Waals surface area (Å²) < 4.78 is 12.4. The van der Waals surface area contributed by atoms with E-state index in [4.69, 9.17) is 14.5 Å². The van der Waals surface area contributed by atoms with Gasteiger partial charge in [-0.2, -0.15) is 0 Å². The Morgan fingerprint density at radius 1 is 1.35 bits per heavy atom. The molecule has 0 saturated heterocycles. The van der Waals surface area contributed by atoms with Crippen LogP contribution in [-0.4, -0.2) is 40.3 Å². The number of pyridine rings is 1. The van der Waals surface area contributed by atoms with Crippen molar-refractivity contribution in [3.8, 4) is 0 Å². The van der Waals surface area contributed by atoms with Crippen molar-refractivity contribution in [3.63, 3.8) is 0 Å². The highest BCUT2D eigenvalue weighted by Gasteiger charge is 2.28. The molecule has 0 saturated carbocycles. The van der Waals surface area contributed by atoms with E-state index in [1.807, 2.05) is 6.92 Å². The molecule has 4 heterocycles. The van der Waals surface area contributed by atoms with E-state index in [0.717, 1.165) is 64.5 Å². The molecule has 0 aromatic carbocycles. The molecule has 0 fully saturated rings. The van der Waals surface area contributed by atoms with Gasteiger partial charge in [-0.15, -0.1) is 11.3 Å². The summed E-state index contributed by atoms with van der Waals surface area (Å²) in [6, 6.07) is 2.19. The smallest absolute Gasteiger partial charge is 0.147 e. The minimum absolute atomic E-state index is 0.155. The molecule has 26 heavy (non-hydrogen) atoms. The van der Waals surface area contributed by atoms with Crippen LogP contribution in [0, 0.1) is 0 Å². The Labute approximate surface area is 157 Å². The Hall–Kier alpha value is -1.83. The number of ether oxygens (including phenoxy) is 2. The lowest BCUT2D eigenvalue weighted by Gasteiger charge is -2.30. The largest absolute Gasteiger partial charge is 0.382 e. The maximum absolute atomic E-state index is 5.94. The second-order valence-electron chi connectivity index (χ2n) is 7.15. The highest BCUT2D eigenvalue weighted by Crippen LogP contribution is 2.37. The van der Waals surface area contributed by atoms with E-state index in [1.54, 1.807) is 17.7 Å². The fraction of sp³-hybridized carbons (Fsp3) is 0.526. The molecule has 0 amide bonds. The van der Waals surface area contributed by atoms with Gasteiger partial charge in [0, 0.05) is 37.1 Å². The van der Waals surface area contributed by atoms with Gasteiger partial charge in [0.05, 0.1) is 28.1 Å². The molecule has 1 aliphatic rings. The fourth-order valence-corrected chi connectivity index (χ4v) is 4.33. The van der Waals surface area contributed by atoms with Crippen molar-refractivity contribution < 1.29 is 9.47 Å². The fourth-order valence-electron chi connectivity index (χ4n) is 3.24. The lowest BCUT2D eigenvalue weighted by molar-refractivity contribution is -0.0411. The van der Waals surface area contributed by atoms with Crippen LogP contribution < -0.4 is 5.32 Å². The minimum Gasteiger partial charge on any atom is -0.382 e. The number of hydrogen-bond acceptors (Lipinski definition) is 7. The maximum atomic E-state index is 5.94. The van der Waals surface area contributed by atoms with E-state index in [1.165, 1.54) is 5.56 Å². The van der Waals surface area contributed by atoms with Crippen molar-refractivity contribution in [2.75, 3.05) is 25.1 Å². The molecule has 1 aliphatic heterocycles. The zero-order valence-electron chi connectivity index (χ0n) is 15.5. The van der Waals surface area contributed by atoms with Crippen LogP contribution in [0.25, 0.3) is 20.4 Å². The Balaban J connectivity index is 1.67. The van der Waals surface area contributed by atoms with Crippen molar-refractivity contribution in [1.82, 2.24) is 15.0 Å². The van der Waals surface area contributed by atoms with E-state index in [2.05, 4.69) is 35.2 Å². The summed E-state index contributed by atoms with van der Waals surface area (Å²) in [5, 5.41) is 4.51. The predicted molar refractivity (Wildman–Crippen MR) is 105 cm³/mol. The first kappa shape index (κ1) is 17.6. The Morgan fingerprint density at radius 2 is 2.23 bits per heavy atom. The van der Waals surface area contributed by atoms with Crippen LogP contribution in [-0.2, 0) is 22.5 Å². The normalized spacial score (nSPS) is 16.1. The molecule has 0 spiro atoms. The highest BCUT2D eigenvalue weighted by molar-refractivity contribution is 7.25. The first-order valence-electron chi connectivity index (χ1n) is 9.09. The number of nitrogens with zero attached hydrogens (tertiary/aromatic N) is 3. The van der Waals surface area contributed by atoms with Crippen molar-refractivity contribution in [3.05, 3.63) is 23.7 Å². The van der Waals surface area contributed by atoms with Crippen LogP contribution in [0.2, 0.25) is 0 Å². The van der Waals surface area contributed by atoms with Crippen LogP contribution in [0.15, 0.2) is 12.4 Å². The molecule has 0 bridgehead atoms. The van der Waals surface area contributed by atoms with Gasteiger partial charge in [0.15, 0.2) is 0 Å². The monoisotopic (exact) mass is 372 g/mol. The number of rotatable bonds is 6. The van der Waals surface area contributed by atoms with Crippen molar-refractivity contribution in [2.24, 2.45) is 0 Å². The average Bonchev–Trinajstić information content (AvgIpc) is 2.97. The Bertz CT molecular complexity index is 938. The average molecular weight is 372 g/mol. The third-order valence-electron chi connectivity index (χ3n) is 4.59. The van der Waals surface area contributed by atoms with Gasteiger partial charge in [-0.1, -0.05) is 0 Å². The summed E-state index contributed by atoms with van der Waals surface area (Å²) in [6.07, 6.45) is 3.41. The molecule has 0 radical (unpaired) electrons. The van der Waals surface area contributed by atoms with Crippen LogP contribution >= 0.6 is 11.3 Å².